The van der Waals surface area contributed by atoms with E-state index in [0.29, 0.717) is 45.8 Å². The normalized spacial score (nSPS) is 14.6. The number of carbonyl (C=O) groups is 1. The van der Waals surface area contributed by atoms with Gasteiger partial charge in [-0.05, 0) is 90.8 Å². The molecule has 0 unspecified atom stereocenters. The quantitative estimate of drug-likeness (QED) is 0.285. The van der Waals surface area contributed by atoms with E-state index in [4.69, 9.17) is 32.5 Å². The molecule has 1 N–H and O–H groups in total. The Labute approximate surface area is 218 Å². The second-order valence-electron chi connectivity index (χ2n) is 9.43. The fourth-order valence-electron chi connectivity index (χ4n) is 4.94. The molecule has 0 saturated heterocycles. The summed E-state index contributed by atoms with van der Waals surface area (Å²) in [6.07, 6.45) is 4.58. The van der Waals surface area contributed by atoms with E-state index >= 15 is 0 Å². The molecule has 0 spiro atoms. The number of carboxylic acid groups (broad SMARTS) is 1. The lowest BCUT2D eigenvalue weighted by molar-refractivity contribution is 0.0696. The van der Waals surface area contributed by atoms with Crippen LogP contribution < -0.4 is 4.74 Å². The molecule has 7 heteroatoms. The maximum Gasteiger partial charge on any atom is 0.335 e. The molecule has 0 amide bonds. The van der Waals surface area contributed by atoms with Crippen molar-refractivity contribution in [2.75, 3.05) is 0 Å². The molecule has 6 rings (SSSR count). The highest BCUT2D eigenvalue weighted by molar-refractivity contribution is 6.39. The van der Waals surface area contributed by atoms with Gasteiger partial charge < -0.3 is 14.4 Å². The lowest BCUT2D eigenvalue weighted by atomic mass is 9.98. The fraction of sp³-hybridized carbons (Fsp3) is 0.241. The molecule has 0 aliphatic heterocycles. The number of hydrogen-bond acceptors (Lipinski definition) is 4. The average Bonchev–Trinajstić information content (AvgIpc) is 3.65. The average molecular weight is 520 g/mol. The minimum Gasteiger partial charge on any atom is -0.489 e. The minimum absolute atomic E-state index is 0.299. The number of aryl methyl sites for hydroxylation is 2. The first-order valence-corrected chi connectivity index (χ1v) is 12.8. The van der Waals surface area contributed by atoms with Crippen molar-refractivity contribution >= 4 is 29.2 Å². The first kappa shape index (κ1) is 23.1. The number of fused-ring (bicyclic) bond motifs is 2. The monoisotopic (exact) mass is 519 g/mol. The number of rotatable bonds is 6. The third-order valence-electron chi connectivity index (χ3n) is 7.02. The number of benzene rings is 3. The zero-order valence-corrected chi connectivity index (χ0v) is 20.9. The first-order chi connectivity index (χ1) is 17.5. The number of ether oxygens (including phenoxy) is 1. The lowest BCUT2D eigenvalue weighted by Gasteiger charge is -2.12. The Morgan fingerprint density at radius 2 is 1.72 bits per heavy atom. The predicted octanol–water partition coefficient (Wildman–Crippen LogP) is 7.49. The molecule has 182 valence electrons. The van der Waals surface area contributed by atoms with Gasteiger partial charge in [-0.15, -0.1) is 0 Å². The third kappa shape index (κ3) is 4.38. The van der Waals surface area contributed by atoms with E-state index < -0.39 is 5.97 Å². The van der Waals surface area contributed by atoms with Gasteiger partial charge in [0.05, 0.1) is 21.2 Å². The Hall–Kier alpha value is -3.28. The molecular weight excluding hydrogens is 497 g/mol. The van der Waals surface area contributed by atoms with Crippen molar-refractivity contribution in [1.82, 2.24) is 5.16 Å². The van der Waals surface area contributed by atoms with Gasteiger partial charge in [-0.3, -0.25) is 0 Å². The van der Waals surface area contributed by atoms with Gasteiger partial charge in [0.2, 0.25) is 0 Å². The number of aromatic carboxylic acids is 1. The molecule has 1 heterocycles. The highest BCUT2D eigenvalue weighted by atomic mass is 35.5. The maximum atomic E-state index is 11.4. The Morgan fingerprint density at radius 3 is 2.47 bits per heavy atom. The highest BCUT2D eigenvalue weighted by Crippen LogP contribution is 2.46. The summed E-state index contributed by atoms with van der Waals surface area (Å²) in [5.41, 5.74) is 7.17. The van der Waals surface area contributed by atoms with Gasteiger partial charge in [-0.25, -0.2) is 4.79 Å². The van der Waals surface area contributed by atoms with Gasteiger partial charge in [0, 0.05) is 11.5 Å². The Kier molecular flexibility index (Phi) is 5.98. The summed E-state index contributed by atoms with van der Waals surface area (Å²) < 4.78 is 12.0. The lowest BCUT2D eigenvalue weighted by Crippen LogP contribution is -2.01. The number of halogens is 2. The zero-order valence-electron chi connectivity index (χ0n) is 19.4. The van der Waals surface area contributed by atoms with Crippen LogP contribution in [0, 0.1) is 0 Å². The van der Waals surface area contributed by atoms with Crippen molar-refractivity contribution in [1.29, 1.82) is 0 Å². The molecule has 2 aliphatic carbocycles. The van der Waals surface area contributed by atoms with Gasteiger partial charge in [-0.2, -0.15) is 0 Å². The third-order valence-corrected chi connectivity index (χ3v) is 7.65. The van der Waals surface area contributed by atoms with E-state index in [2.05, 4.69) is 17.3 Å². The highest BCUT2D eigenvalue weighted by Gasteiger charge is 2.33. The van der Waals surface area contributed by atoms with Crippen LogP contribution in [0.5, 0.6) is 5.75 Å². The van der Waals surface area contributed by atoms with Crippen LogP contribution in [0.4, 0.5) is 0 Å². The van der Waals surface area contributed by atoms with Gasteiger partial charge >= 0.3 is 5.97 Å². The molecule has 0 radical (unpaired) electrons. The van der Waals surface area contributed by atoms with Crippen molar-refractivity contribution in [3.8, 4) is 17.0 Å². The number of nitrogens with zero attached hydrogens (tertiary/aromatic N) is 1. The summed E-state index contributed by atoms with van der Waals surface area (Å²) in [6.45, 7) is 0.299. The van der Waals surface area contributed by atoms with Crippen LogP contribution in [0.15, 0.2) is 59.1 Å². The summed E-state index contributed by atoms with van der Waals surface area (Å²) in [6, 6.07) is 17.0. The van der Waals surface area contributed by atoms with E-state index in [1.807, 2.05) is 18.2 Å². The molecule has 2 aliphatic rings. The molecule has 36 heavy (non-hydrogen) atoms. The summed E-state index contributed by atoms with van der Waals surface area (Å²) in [5.74, 6) is 1.07. The van der Waals surface area contributed by atoms with Gasteiger partial charge in [0.1, 0.15) is 23.8 Å². The van der Waals surface area contributed by atoms with Gasteiger partial charge in [0.15, 0.2) is 0 Å². The van der Waals surface area contributed by atoms with Crippen molar-refractivity contribution in [2.24, 2.45) is 0 Å². The van der Waals surface area contributed by atoms with Crippen LogP contribution in [0.2, 0.25) is 10.0 Å². The molecule has 3 aromatic carbocycles. The summed E-state index contributed by atoms with van der Waals surface area (Å²) in [5, 5.41) is 14.8. The second-order valence-corrected chi connectivity index (χ2v) is 10.2. The molecule has 1 fully saturated rings. The number of aromatic nitrogens is 1. The van der Waals surface area contributed by atoms with Crippen LogP contribution >= 0.6 is 23.2 Å². The van der Waals surface area contributed by atoms with Crippen LogP contribution in [0.25, 0.3) is 11.3 Å². The van der Waals surface area contributed by atoms with Crippen LogP contribution in [0.3, 0.4) is 0 Å². The van der Waals surface area contributed by atoms with E-state index in [-0.39, 0.29) is 0 Å². The molecule has 1 aromatic heterocycles. The van der Waals surface area contributed by atoms with Gasteiger partial charge in [0.25, 0.3) is 0 Å². The largest absolute Gasteiger partial charge is 0.489 e. The van der Waals surface area contributed by atoms with E-state index in [1.165, 1.54) is 16.7 Å². The molecule has 1 saturated carbocycles. The minimum atomic E-state index is -0.900. The van der Waals surface area contributed by atoms with Crippen LogP contribution in [0.1, 0.15) is 62.7 Å². The summed E-state index contributed by atoms with van der Waals surface area (Å²) >= 11 is 13.0. The standard InChI is InChI=1S/C29H23Cl2NO4/c30-24-2-1-3-25(31)26(24)27-23(28(36-32-27)17-6-7-17)15-35-22-11-10-18-12-21-13-20(29(33)34)9-5-16(21)4-8-19(18)14-22/h1-3,5,9-11,13-14,17H,4,6-8,12,15H2,(H,33,34). The van der Waals surface area contributed by atoms with Crippen molar-refractivity contribution < 1.29 is 19.2 Å². The topological polar surface area (TPSA) is 72.6 Å². The summed E-state index contributed by atoms with van der Waals surface area (Å²) in [7, 11) is 0. The van der Waals surface area contributed by atoms with E-state index in [9.17, 15) is 9.90 Å². The maximum absolute atomic E-state index is 11.4. The number of hydrogen-bond donors (Lipinski definition) is 1. The SMILES string of the molecule is O=C(O)c1ccc2c(c1)Cc1ccc(OCc3c(-c4c(Cl)cccc4Cl)noc3C3CC3)cc1CC2. The Bertz CT molecular complexity index is 1470. The van der Waals surface area contributed by atoms with Crippen molar-refractivity contribution in [3.63, 3.8) is 0 Å². The Morgan fingerprint density at radius 1 is 0.972 bits per heavy atom. The molecule has 4 aromatic rings. The fourth-order valence-corrected chi connectivity index (χ4v) is 5.52. The van der Waals surface area contributed by atoms with Crippen molar-refractivity contribution in [3.05, 3.63) is 104 Å². The smallest absolute Gasteiger partial charge is 0.335 e. The summed E-state index contributed by atoms with van der Waals surface area (Å²) in [4.78, 5) is 11.4. The van der Waals surface area contributed by atoms with E-state index in [1.54, 1.807) is 24.3 Å². The predicted molar refractivity (Wildman–Crippen MR) is 138 cm³/mol. The first-order valence-electron chi connectivity index (χ1n) is 12.0. The zero-order chi connectivity index (χ0) is 24.8. The second kappa shape index (κ2) is 9.30. The van der Waals surface area contributed by atoms with E-state index in [0.717, 1.165) is 48.3 Å². The molecule has 0 atom stereocenters. The molecule has 5 nitrogen and oxygen atoms in total. The number of carboxylic acids is 1. The molecular formula is C29H23Cl2NO4. The van der Waals surface area contributed by atoms with Crippen LogP contribution in [-0.2, 0) is 25.9 Å². The Balaban J connectivity index is 1.27. The molecule has 0 bridgehead atoms. The van der Waals surface area contributed by atoms with Gasteiger partial charge in [-0.1, -0.05) is 46.6 Å². The van der Waals surface area contributed by atoms with Crippen LogP contribution in [-0.4, -0.2) is 16.2 Å². The van der Waals surface area contributed by atoms with Crippen molar-refractivity contribution in [2.45, 2.75) is 44.6 Å².